The summed E-state index contributed by atoms with van der Waals surface area (Å²) in [5.74, 6) is -0.661. The van der Waals surface area contributed by atoms with E-state index in [0.29, 0.717) is 17.1 Å². The fourth-order valence-corrected chi connectivity index (χ4v) is 4.00. The van der Waals surface area contributed by atoms with Crippen LogP contribution in [0.15, 0.2) is 22.5 Å². The number of nitrogens with zero attached hydrogens (tertiary/aromatic N) is 1. The second-order valence-corrected chi connectivity index (χ2v) is 7.10. The molecule has 3 N–H and O–H groups in total. The Bertz CT molecular complexity index is 718. The molecule has 2 aromatic heterocycles. The molecule has 2 aromatic rings. The largest absolute Gasteiger partial charge is 0.481 e. The summed E-state index contributed by atoms with van der Waals surface area (Å²) < 4.78 is 26.8. The third kappa shape index (κ3) is 3.17. The topological polar surface area (TPSA) is 112 Å². The van der Waals surface area contributed by atoms with Crippen molar-refractivity contribution >= 4 is 33.1 Å². The van der Waals surface area contributed by atoms with E-state index in [0.717, 1.165) is 16.9 Å². The monoisotopic (exact) mass is 315 g/mol. The molecule has 2 rings (SSSR count). The Kier molecular flexibility index (Phi) is 4.09. The molecule has 2 heterocycles. The lowest BCUT2D eigenvalue weighted by Gasteiger charge is -2.05. The minimum Gasteiger partial charge on any atom is -0.481 e. The molecule has 0 saturated carbocycles. The number of carboxylic acid groups (broad SMARTS) is 1. The highest BCUT2D eigenvalue weighted by molar-refractivity contribution is 7.94. The zero-order chi connectivity index (χ0) is 14.8. The second kappa shape index (κ2) is 5.63. The second-order valence-electron chi connectivity index (χ2n) is 4.02. The van der Waals surface area contributed by atoms with E-state index >= 15 is 0 Å². The molecule has 0 saturated heterocycles. The van der Waals surface area contributed by atoms with Crippen molar-refractivity contribution in [1.29, 1.82) is 0 Å². The van der Waals surface area contributed by atoms with Crippen LogP contribution in [-0.4, -0.2) is 29.7 Å². The van der Waals surface area contributed by atoms with Crippen molar-refractivity contribution in [2.45, 2.75) is 24.0 Å². The van der Waals surface area contributed by atoms with Crippen molar-refractivity contribution in [2.24, 2.45) is 0 Å². The van der Waals surface area contributed by atoms with Gasteiger partial charge in [0.1, 0.15) is 10.0 Å². The van der Waals surface area contributed by atoms with Crippen molar-refractivity contribution in [3.8, 4) is 0 Å². The lowest BCUT2D eigenvalue weighted by molar-refractivity contribution is -0.136. The molecule has 9 heteroatoms. The van der Waals surface area contributed by atoms with Crippen LogP contribution in [0.2, 0.25) is 0 Å². The standard InChI is InChI=1S/C11H13N3O4S2/c1-2-7-6-12-13-11(7)14-20(17,18)10-4-3-8(19-10)5-9(15)16/h3-4,6H,2,5H2,1H3,(H,15,16)(H2,12,13,14). The van der Waals surface area contributed by atoms with Gasteiger partial charge in [-0.3, -0.25) is 14.6 Å². The Morgan fingerprint density at radius 1 is 1.50 bits per heavy atom. The van der Waals surface area contributed by atoms with Gasteiger partial charge >= 0.3 is 5.97 Å². The number of carboxylic acids is 1. The summed E-state index contributed by atoms with van der Waals surface area (Å²) in [7, 11) is -3.73. The van der Waals surface area contributed by atoms with Crippen molar-refractivity contribution in [2.75, 3.05) is 4.72 Å². The number of nitrogens with one attached hydrogen (secondary N) is 2. The summed E-state index contributed by atoms with van der Waals surface area (Å²) >= 11 is 0.938. The summed E-state index contributed by atoms with van der Waals surface area (Å²) in [6, 6.07) is 2.90. The van der Waals surface area contributed by atoms with Gasteiger partial charge in [-0.2, -0.15) is 5.10 Å². The summed E-state index contributed by atoms with van der Waals surface area (Å²) in [6.07, 6.45) is 2.01. The molecule has 0 fully saturated rings. The summed E-state index contributed by atoms with van der Waals surface area (Å²) in [5.41, 5.74) is 0.760. The molecule has 0 radical (unpaired) electrons. The number of thiophene rings is 1. The quantitative estimate of drug-likeness (QED) is 0.747. The van der Waals surface area contributed by atoms with Crippen LogP contribution in [0.4, 0.5) is 5.82 Å². The predicted octanol–water partition coefficient (Wildman–Crippen LogP) is 1.46. The zero-order valence-corrected chi connectivity index (χ0v) is 12.2. The number of aliphatic carboxylic acids is 1. The van der Waals surface area contributed by atoms with Crippen LogP contribution >= 0.6 is 11.3 Å². The van der Waals surface area contributed by atoms with Gasteiger partial charge in [0, 0.05) is 10.4 Å². The first-order valence-electron chi connectivity index (χ1n) is 5.78. The fourth-order valence-electron chi connectivity index (χ4n) is 1.60. The molecular formula is C11H13N3O4S2. The van der Waals surface area contributed by atoms with Gasteiger partial charge in [-0.25, -0.2) is 8.42 Å². The first kappa shape index (κ1) is 14.5. The lowest BCUT2D eigenvalue weighted by Crippen LogP contribution is -2.12. The van der Waals surface area contributed by atoms with Crippen molar-refractivity contribution < 1.29 is 18.3 Å². The van der Waals surface area contributed by atoms with Crippen LogP contribution in [-0.2, 0) is 27.7 Å². The number of aromatic amines is 1. The van der Waals surface area contributed by atoms with Crippen LogP contribution in [0.25, 0.3) is 0 Å². The highest BCUT2D eigenvalue weighted by Crippen LogP contribution is 2.25. The number of anilines is 1. The van der Waals surface area contributed by atoms with E-state index in [-0.39, 0.29) is 10.6 Å². The maximum Gasteiger partial charge on any atom is 0.308 e. The Labute approximate surface area is 119 Å². The summed E-state index contributed by atoms with van der Waals surface area (Å²) in [5, 5.41) is 15.1. The molecule has 20 heavy (non-hydrogen) atoms. The van der Waals surface area contributed by atoms with Gasteiger partial charge in [0.05, 0.1) is 12.6 Å². The maximum absolute atomic E-state index is 12.2. The molecule has 0 bridgehead atoms. The van der Waals surface area contributed by atoms with Crippen LogP contribution in [0.5, 0.6) is 0 Å². The van der Waals surface area contributed by atoms with Gasteiger partial charge in [-0.1, -0.05) is 6.92 Å². The van der Waals surface area contributed by atoms with Crippen LogP contribution in [0.1, 0.15) is 17.4 Å². The molecule has 0 spiro atoms. The Hall–Kier alpha value is -1.87. The fraction of sp³-hybridized carbons (Fsp3) is 0.273. The maximum atomic E-state index is 12.2. The van der Waals surface area contributed by atoms with E-state index in [1.807, 2.05) is 6.92 Å². The number of aromatic nitrogens is 2. The van der Waals surface area contributed by atoms with Crippen molar-refractivity contribution in [3.05, 3.63) is 28.8 Å². The van der Waals surface area contributed by atoms with Gasteiger partial charge in [0.15, 0.2) is 0 Å². The Morgan fingerprint density at radius 3 is 2.90 bits per heavy atom. The van der Waals surface area contributed by atoms with Crippen molar-refractivity contribution in [1.82, 2.24) is 10.2 Å². The highest BCUT2D eigenvalue weighted by atomic mass is 32.2. The number of H-pyrrole nitrogens is 1. The molecule has 0 amide bonds. The Balaban J connectivity index is 2.22. The average molecular weight is 315 g/mol. The van der Waals surface area contributed by atoms with Gasteiger partial charge in [0.2, 0.25) is 0 Å². The first-order valence-corrected chi connectivity index (χ1v) is 8.08. The van der Waals surface area contributed by atoms with E-state index in [1.54, 1.807) is 6.20 Å². The SMILES string of the molecule is CCc1cn[nH]c1NS(=O)(=O)c1ccc(CC(=O)O)s1. The number of hydrogen-bond donors (Lipinski definition) is 3. The van der Waals surface area contributed by atoms with Crippen LogP contribution in [0, 0.1) is 0 Å². The molecule has 108 valence electrons. The molecule has 0 aliphatic carbocycles. The van der Waals surface area contributed by atoms with Gasteiger partial charge in [0.25, 0.3) is 10.0 Å². The van der Waals surface area contributed by atoms with E-state index in [2.05, 4.69) is 14.9 Å². The number of aryl methyl sites for hydroxylation is 1. The lowest BCUT2D eigenvalue weighted by atomic mass is 10.3. The van der Waals surface area contributed by atoms with E-state index in [9.17, 15) is 13.2 Å². The van der Waals surface area contributed by atoms with E-state index in [1.165, 1.54) is 12.1 Å². The molecule has 0 unspecified atom stereocenters. The third-order valence-electron chi connectivity index (χ3n) is 2.56. The van der Waals surface area contributed by atoms with Gasteiger partial charge < -0.3 is 5.11 Å². The number of sulfonamides is 1. The van der Waals surface area contributed by atoms with E-state index in [4.69, 9.17) is 5.11 Å². The van der Waals surface area contributed by atoms with Crippen molar-refractivity contribution in [3.63, 3.8) is 0 Å². The predicted molar refractivity (Wildman–Crippen MR) is 74.4 cm³/mol. The van der Waals surface area contributed by atoms with E-state index < -0.39 is 16.0 Å². The minimum atomic E-state index is -3.73. The number of hydrogen-bond acceptors (Lipinski definition) is 5. The molecule has 0 atom stereocenters. The van der Waals surface area contributed by atoms with Gasteiger partial charge in [-0.05, 0) is 18.6 Å². The minimum absolute atomic E-state index is 0.0744. The first-order chi connectivity index (χ1) is 9.42. The van der Waals surface area contributed by atoms with Gasteiger partial charge in [-0.15, -0.1) is 11.3 Å². The highest BCUT2D eigenvalue weighted by Gasteiger charge is 2.19. The number of rotatable bonds is 6. The third-order valence-corrected chi connectivity index (χ3v) is 5.49. The number of carbonyl (C=O) groups is 1. The molecular weight excluding hydrogens is 302 g/mol. The molecule has 0 aromatic carbocycles. The molecule has 0 aliphatic rings. The average Bonchev–Trinajstić information content (AvgIpc) is 2.97. The summed E-state index contributed by atoms with van der Waals surface area (Å²) in [4.78, 5) is 11.1. The summed E-state index contributed by atoms with van der Waals surface area (Å²) in [6.45, 7) is 1.89. The molecule has 7 nitrogen and oxygen atoms in total. The zero-order valence-electron chi connectivity index (χ0n) is 10.6. The smallest absolute Gasteiger partial charge is 0.308 e. The molecule has 0 aliphatic heterocycles. The normalized spacial score (nSPS) is 11.4. The van der Waals surface area contributed by atoms with Crippen LogP contribution < -0.4 is 4.72 Å². The van der Waals surface area contributed by atoms with Crippen LogP contribution in [0.3, 0.4) is 0 Å². The Morgan fingerprint density at radius 2 is 2.25 bits per heavy atom.